The van der Waals surface area contributed by atoms with E-state index in [1.54, 1.807) is 21.3 Å². The van der Waals surface area contributed by atoms with Crippen LogP contribution in [-0.4, -0.2) is 31.3 Å². The molecule has 3 aromatic rings. The Balaban J connectivity index is 2.24. The number of rotatable bonds is 6. The summed E-state index contributed by atoms with van der Waals surface area (Å²) >= 11 is 0. The van der Waals surface area contributed by atoms with E-state index in [2.05, 4.69) is 22.1 Å². The predicted molar refractivity (Wildman–Crippen MR) is 88.6 cm³/mol. The lowest BCUT2D eigenvalue weighted by Gasteiger charge is -2.22. The molecule has 5 heteroatoms. The Morgan fingerprint density at radius 1 is 0.783 bits per heavy atom. The number of hydrogen-bond donors (Lipinski definition) is 2. The maximum Gasteiger partial charge on any atom is 0.130 e. The van der Waals surface area contributed by atoms with Gasteiger partial charge in [0, 0.05) is 35.9 Å². The Morgan fingerprint density at radius 3 is 1.65 bits per heavy atom. The first-order chi connectivity index (χ1) is 11.3. The lowest BCUT2D eigenvalue weighted by atomic mass is 9.90. The van der Waals surface area contributed by atoms with Crippen molar-refractivity contribution in [1.82, 2.24) is 9.97 Å². The molecule has 0 saturated heterocycles. The van der Waals surface area contributed by atoms with Crippen LogP contribution in [0.5, 0.6) is 17.2 Å². The molecule has 0 fully saturated rings. The van der Waals surface area contributed by atoms with Gasteiger partial charge in [-0.25, -0.2) is 0 Å². The fourth-order valence-electron chi connectivity index (χ4n) is 2.84. The molecule has 0 amide bonds. The Morgan fingerprint density at radius 2 is 1.30 bits per heavy atom. The third kappa shape index (κ3) is 2.77. The average Bonchev–Trinajstić information content (AvgIpc) is 3.29. The molecule has 2 heterocycles. The maximum atomic E-state index is 5.62. The molecule has 0 saturated carbocycles. The Labute approximate surface area is 135 Å². The van der Waals surface area contributed by atoms with Crippen molar-refractivity contribution >= 4 is 0 Å². The van der Waals surface area contributed by atoms with Crippen molar-refractivity contribution in [2.24, 2.45) is 0 Å². The smallest absolute Gasteiger partial charge is 0.130 e. The summed E-state index contributed by atoms with van der Waals surface area (Å²) in [5.74, 6) is 2.07. The van der Waals surface area contributed by atoms with Gasteiger partial charge in [0.15, 0.2) is 0 Å². The van der Waals surface area contributed by atoms with Crippen LogP contribution < -0.4 is 14.2 Å². The molecule has 0 aliphatic heterocycles. The van der Waals surface area contributed by atoms with Crippen LogP contribution in [0.25, 0.3) is 0 Å². The average molecular weight is 312 g/mol. The van der Waals surface area contributed by atoms with Gasteiger partial charge in [0.25, 0.3) is 0 Å². The summed E-state index contributed by atoms with van der Waals surface area (Å²) < 4.78 is 16.6. The highest BCUT2D eigenvalue weighted by Gasteiger charge is 2.27. The summed E-state index contributed by atoms with van der Waals surface area (Å²) in [5.41, 5.74) is 3.05. The molecule has 3 rings (SSSR count). The Bertz CT molecular complexity index is 689. The SMILES string of the molecule is COc1cc(OC)c(C(c2ccc[nH]2)c2ccc[nH]2)c(OC)c1. The van der Waals surface area contributed by atoms with Crippen molar-refractivity contribution in [2.45, 2.75) is 5.92 Å². The number of methoxy groups -OCH3 is 3. The number of benzene rings is 1. The van der Waals surface area contributed by atoms with E-state index in [-0.39, 0.29) is 5.92 Å². The van der Waals surface area contributed by atoms with Crippen molar-refractivity contribution in [3.05, 3.63) is 65.7 Å². The molecule has 0 bridgehead atoms. The normalized spacial score (nSPS) is 10.8. The molecule has 0 atom stereocenters. The zero-order valence-corrected chi connectivity index (χ0v) is 13.4. The van der Waals surface area contributed by atoms with Crippen LogP contribution in [0.1, 0.15) is 22.9 Å². The summed E-state index contributed by atoms with van der Waals surface area (Å²) in [6.45, 7) is 0. The van der Waals surface area contributed by atoms with Crippen LogP contribution in [-0.2, 0) is 0 Å². The maximum absolute atomic E-state index is 5.62. The third-order valence-corrected chi connectivity index (χ3v) is 3.91. The minimum atomic E-state index is -0.0594. The number of H-pyrrole nitrogens is 2. The second-order valence-corrected chi connectivity index (χ2v) is 5.13. The van der Waals surface area contributed by atoms with E-state index in [0.29, 0.717) is 5.75 Å². The van der Waals surface area contributed by atoms with Gasteiger partial charge in [-0.3, -0.25) is 0 Å². The topological polar surface area (TPSA) is 59.3 Å². The van der Waals surface area contributed by atoms with E-state index in [0.717, 1.165) is 28.5 Å². The Kier molecular flexibility index (Phi) is 4.28. The molecule has 0 unspecified atom stereocenters. The Hall–Kier alpha value is -2.82. The van der Waals surface area contributed by atoms with Crippen LogP contribution >= 0.6 is 0 Å². The molecular formula is C18H20N2O3. The van der Waals surface area contributed by atoms with Gasteiger partial charge in [-0.1, -0.05) is 0 Å². The summed E-state index contributed by atoms with van der Waals surface area (Å²) in [6.07, 6.45) is 3.82. The van der Waals surface area contributed by atoms with Crippen molar-refractivity contribution in [3.8, 4) is 17.2 Å². The van der Waals surface area contributed by atoms with E-state index in [1.807, 2.05) is 36.7 Å². The van der Waals surface area contributed by atoms with E-state index in [4.69, 9.17) is 14.2 Å². The fourth-order valence-corrected chi connectivity index (χ4v) is 2.84. The van der Waals surface area contributed by atoms with Crippen LogP contribution in [0.15, 0.2) is 48.8 Å². The standard InChI is InChI=1S/C18H20N2O3/c1-21-12-10-15(22-2)18(16(11-12)23-3)17(13-6-4-8-19-13)14-7-5-9-20-14/h4-11,17,19-20H,1-3H3. The van der Waals surface area contributed by atoms with E-state index < -0.39 is 0 Å². The summed E-state index contributed by atoms with van der Waals surface area (Å²) in [5, 5.41) is 0. The fraction of sp³-hybridized carbons (Fsp3) is 0.222. The van der Waals surface area contributed by atoms with Crippen molar-refractivity contribution in [1.29, 1.82) is 0 Å². The summed E-state index contributed by atoms with van der Waals surface area (Å²) in [6, 6.07) is 11.8. The molecule has 1 aromatic carbocycles. The van der Waals surface area contributed by atoms with Gasteiger partial charge >= 0.3 is 0 Å². The number of aromatic nitrogens is 2. The number of nitrogens with one attached hydrogen (secondary N) is 2. The first-order valence-corrected chi connectivity index (χ1v) is 7.35. The molecular weight excluding hydrogens is 292 g/mol. The van der Waals surface area contributed by atoms with Gasteiger partial charge in [0.05, 0.1) is 32.8 Å². The van der Waals surface area contributed by atoms with Crippen molar-refractivity contribution in [2.75, 3.05) is 21.3 Å². The summed E-state index contributed by atoms with van der Waals surface area (Å²) in [4.78, 5) is 6.59. The highest BCUT2D eigenvalue weighted by molar-refractivity contribution is 5.57. The highest BCUT2D eigenvalue weighted by Crippen LogP contribution is 2.43. The molecule has 0 aliphatic carbocycles. The second-order valence-electron chi connectivity index (χ2n) is 5.13. The number of ether oxygens (including phenoxy) is 3. The summed E-state index contributed by atoms with van der Waals surface area (Å²) in [7, 11) is 4.93. The number of aromatic amines is 2. The van der Waals surface area contributed by atoms with Gasteiger partial charge in [-0.05, 0) is 24.3 Å². The van der Waals surface area contributed by atoms with Crippen LogP contribution in [0.2, 0.25) is 0 Å². The van der Waals surface area contributed by atoms with E-state index >= 15 is 0 Å². The molecule has 23 heavy (non-hydrogen) atoms. The zero-order valence-electron chi connectivity index (χ0n) is 13.4. The first kappa shape index (κ1) is 15.1. The molecule has 0 radical (unpaired) electrons. The van der Waals surface area contributed by atoms with Gasteiger partial charge in [0.2, 0.25) is 0 Å². The highest BCUT2D eigenvalue weighted by atomic mass is 16.5. The van der Waals surface area contributed by atoms with Crippen LogP contribution in [0.3, 0.4) is 0 Å². The van der Waals surface area contributed by atoms with Crippen molar-refractivity contribution < 1.29 is 14.2 Å². The molecule has 2 aromatic heterocycles. The van der Waals surface area contributed by atoms with Gasteiger partial charge in [-0.2, -0.15) is 0 Å². The lowest BCUT2D eigenvalue weighted by Crippen LogP contribution is -2.09. The molecule has 2 N–H and O–H groups in total. The predicted octanol–water partition coefficient (Wildman–Crippen LogP) is 3.55. The van der Waals surface area contributed by atoms with E-state index in [1.165, 1.54) is 0 Å². The van der Waals surface area contributed by atoms with Crippen LogP contribution in [0.4, 0.5) is 0 Å². The minimum Gasteiger partial charge on any atom is -0.496 e. The molecule has 0 spiro atoms. The van der Waals surface area contributed by atoms with Gasteiger partial charge in [-0.15, -0.1) is 0 Å². The molecule has 0 aliphatic rings. The largest absolute Gasteiger partial charge is 0.496 e. The third-order valence-electron chi connectivity index (χ3n) is 3.91. The van der Waals surface area contributed by atoms with Gasteiger partial charge in [0.1, 0.15) is 17.2 Å². The van der Waals surface area contributed by atoms with E-state index in [9.17, 15) is 0 Å². The van der Waals surface area contributed by atoms with Crippen LogP contribution in [0, 0.1) is 0 Å². The minimum absolute atomic E-state index is 0.0594. The zero-order chi connectivity index (χ0) is 16.2. The quantitative estimate of drug-likeness (QED) is 0.732. The number of hydrogen-bond acceptors (Lipinski definition) is 3. The molecule has 5 nitrogen and oxygen atoms in total. The van der Waals surface area contributed by atoms with Crippen molar-refractivity contribution in [3.63, 3.8) is 0 Å². The lowest BCUT2D eigenvalue weighted by molar-refractivity contribution is 0.367. The molecule has 120 valence electrons. The second kappa shape index (κ2) is 6.52. The first-order valence-electron chi connectivity index (χ1n) is 7.35. The van der Waals surface area contributed by atoms with Gasteiger partial charge < -0.3 is 24.2 Å². The monoisotopic (exact) mass is 312 g/mol.